The molecular formula is C43H54N4O5. The third-order valence-corrected chi connectivity index (χ3v) is 11.6. The van der Waals surface area contributed by atoms with Gasteiger partial charge in [-0.3, -0.25) is 4.79 Å². The first kappa shape index (κ1) is 35.9. The Morgan fingerprint density at radius 1 is 1.04 bits per heavy atom. The number of fused-ring (bicyclic) bond motifs is 3. The van der Waals surface area contributed by atoms with Crippen LogP contribution in [0.4, 0.5) is 5.82 Å². The van der Waals surface area contributed by atoms with E-state index >= 15 is 0 Å². The molecule has 276 valence electrons. The number of carboxylic acid groups (broad SMARTS) is 1. The number of rotatable bonds is 14. The molecule has 3 unspecified atom stereocenters. The molecule has 0 radical (unpaired) electrons. The molecule has 7 rings (SSSR count). The molecule has 2 aromatic heterocycles. The van der Waals surface area contributed by atoms with E-state index in [2.05, 4.69) is 49.5 Å². The van der Waals surface area contributed by atoms with Crippen LogP contribution in [-0.4, -0.2) is 46.1 Å². The lowest BCUT2D eigenvalue weighted by molar-refractivity contribution is -0.137. The second kappa shape index (κ2) is 15.6. The number of anilines is 1. The van der Waals surface area contributed by atoms with E-state index in [9.17, 15) is 9.90 Å². The zero-order valence-corrected chi connectivity index (χ0v) is 31.2. The highest BCUT2D eigenvalue weighted by molar-refractivity contribution is 5.68. The summed E-state index contributed by atoms with van der Waals surface area (Å²) in [5.74, 6) is 4.00. The molecular weight excluding hydrogens is 652 g/mol. The standard InChI is InChI=1S/C43H54N4O5/c1-28-17-30-19-31(18-28)26-43(2,25-30)37-21-34(22-38(50-4)41(37)52-27-29-9-6-5-7-10-29)33(23-40(48)49)20-36-24-39(47(3)46-36)51-16-14-35-13-12-32-11-8-15-44-42(32)45-35/h5-7,9-10,12-13,21-22,24,28,30-31,33H,8,11,14-20,23,25-27H2,1-4H3,(H,44,45)(H,48,49). The molecule has 0 spiro atoms. The summed E-state index contributed by atoms with van der Waals surface area (Å²) >= 11 is 0. The van der Waals surface area contributed by atoms with E-state index in [1.54, 1.807) is 11.8 Å². The minimum absolute atomic E-state index is 0.0307. The number of methoxy groups -OCH3 is 1. The van der Waals surface area contributed by atoms with Crippen LogP contribution in [0.15, 0.2) is 60.7 Å². The molecule has 2 bridgehead atoms. The summed E-state index contributed by atoms with van der Waals surface area (Å²) in [4.78, 5) is 17.2. The molecule has 1 aliphatic heterocycles. The minimum Gasteiger partial charge on any atom is -0.493 e. The van der Waals surface area contributed by atoms with Crippen LogP contribution in [0.5, 0.6) is 17.4 Å². The summed E-state index contributed by atoms with van der Waals surface area (Å²) in [5.41, 5.74) is 6.09. The Labute approximate surface area is 308 Å². The molecule has 0 amide bonds. The van der Waals surface area contributed by atoms with E-state index in [-0.39, 0.29) is 17.8 Å². The number of carboxylic acids is 1. The number of aliphatic carboxylic acids is 1. The number of ether oxygens (including phenoxy) is 3. The lowest BCUT2D eigenvalue weighted by atomic mass is 9.57. The predicted octanol–water partition coefficient (Wildman–Crippen LogP) is 8.29. The summed E-state index contributed by atoms with van der Waals surface area (Å²) in [5, 5.41) is 18.3. The van der Waals surface area contributed by atoms with E-state index in [4.69, 9.17) is 24.3 Å². The van der Waals surface area contributed by atoms with Crippen molar-refractivity contribution in [2.24, 2.45) is 24.8 Å². The average molecular weight is 707 g/mol. The summed E-state index contributed by atoms with van der Waals surface area (Å²) in [6.07, 6.45) is 9.29. The molecule has 2 N–H and O–H groups in total. The first-order valence-electron chi connectivity index (χ1n) is 19.1. The predicted molar refractivity (Wildman–Crippen MR) is 203 cm³/mol. The number of hydrogen-bond acceptors (Lipinski definition) is 7. The Hall–Kier alpha value is -4.53. The Morgan fingerprint density at radius 2 is 1.83 bits per heavy atom. The highest BCUT2D eigenvalue weighted by Gasteiger charge is 2.44. The van der Waals surface area contributed by atoms with Crippen molar-refractivity contribution in [1.29, 1.82) is 0 Å². The van der Waals surface area contributed by atoms with E-state index < -0.39 is 5.97 Å². The summed E-state index contributed by atoms with van der Waals surface area (Å²) in [6, 6.07) is 20.6. The lowest BCUT2D eigenvalue weighted by Gasteiger charge is -2.48. The maximum atomic E-state index is 12.4. The molecule has 2 aliphatic carbocycles. The van der Waals surface area contributed by atoms with Gasteiger partial charge in [0.05, 0.1) is 25.8 Å². The van der Waals surface area contributed by atoms with Gasteiger partial charge < -0.3 is 24.6 Å². The van der Waals surface area contributed by atoms with Gasteiger partial charge in [-0.05, 0) is 103 Å². The van der Waals surface area contributed by atoms with Gasteiger partial charge in [-0.25, -0.2) is 9.67 Å². The van der Waals surface area contributed by atoms with Crippen molar-refractivity contribution in [2.75, 3.05) is 25.6 Å². The normalized spacial score (nSPS) is 22.9. The van der Waals surface area contributed by atoms with Gasteiger partial charge in [0.2, 0.25) is 5.88 Å². The van der Waals surface area contributed by atoms with Crippen molar-refractivity contribution in [3.05, 3.63) is 94.3 Å². The van der Waals surface area contributed by atoms with Crippen molar-refractivity contribution in [1.82, 2.24) is 14.8 Å². The Bertz CT molecular complexity index is 1840. The van der Waals surface area contributed by atoms with E-state index in [1.807, 2.05) is 37.4 Å². The van der Waals surface area contributed by atoms with Crippen LogP contribution in [0, 0.1) is 17.8 Å². The van der Waals surface area contributed by atoms with E-state index in [0.717, 1.165) is 77.8 Å². The van der Waals surface area contributed by atoms with Crippen molar-refractivity contribution in [3.8, 4) is 17.4 Å². The van der Waals surface area contributed by atoms with Crippen LogP contribution >= 0.6 is 0 Å². The molecule has 9 nitrogen and oxygen atoms in total. The molecule has 4 aromatic rings. The molecule has 2 aromatic carbocycles. The zero-order valence-electron chi connectivity index (χ0n) is 31.2. The fourth-order valence-corrected chi connectivity index (χ4v) is 9.43. The summed E-state index contributed by atoms with van der Waals surface area (Å²) < 4.78 is 20.7. The van der Waals surface area contributed by atoms with Crippen molar-refractivity contribution in [2.45, 2.75) is 96.0 Å². The monoisotopic (exact) mass is 706 g/mol. The quantitative estimate of drug-likeness (QED) is 0.135. The number of aryl methyl sites for hydroxylation is 2. The number of aromatic nitrogens is 3. The van der Waals surface area contributed by atoms with Crippen LogP contribution in [0.3, 0.4) is 0 Å². The molecule has 2 saturated carbocycles. The van der Waals surface area contributed by atoms with Gasteiger partial charge in [0.25, 0.3) is 0 Å². The number of carbonyl (C=O) groups is 1. The highest BCUT2D eigenvalue weighted by atomic mass is 16.5. The first-order valence-corrected chi connectivity index (χ1v) is 19.1. The van der Waals surface area contributed by atoms with Gasteiger partial charge in [-0.1, -0.05) is 56.3 Å². The fraction of sp³-hybridized carbons (Fsp3) is 0.512. The molecule has 3 heterocycles. The van der Waals surface area contributed by atoms with Crippen molar-refractivity contribution >= 4 is 11.8 Å². The topological polar surface area (TPSA) is 108 Å². The maximum absolute atomic E-state index is 12.4. The summed E-state index contributed by atoms with van der Waals surface area (Å²) in [7, 11) is 3.55. The zero-order chi connectivity index (χ0) is 36.2. The third-order valence-electron chi connectivity index (χ3n) is 11.6. The Balaban J connectivity index is 1.15. The molecule has 0 saturated heterocycles. The van der Waals surface area contributed by atoms with Crippen molar-refractivity contribution in [3.63, 3.8) is 0 Å². The van der Waals surface area contributed by atoms with Gasteiger partial charge in [0.15, 0.2) is 11.5 Å². The van der Waals surface area contributed by atoms with Crippen LogP contribution in [0.25, 0.3) is 0 Å². The molecule has 3 aliphatic rings. The second-order valence-corrected chi connectivity index (χ2v) is 15.9. The van der Waals surface area contributed by atoms with Gasteiger partial charge >= 0.3 is 5.97 Å². The molecule has 3 atom stereocenters. The average Bonchev–Trinajstić information content (AvgIpc) is 3.47. The van der Waals surface area contributed by atoms with Crippen molar-refractivity contribution < 1.29 is 24.1 Å². The lowest BCUT2D eigenvalue weighted by Crippen LogP contribution is -2.39. The minimum atomic E-state index is -0.846. The largest absolute Gasteiger partial charge is 0.493 e. The first-order chi connectivity index (χ1) is 25.2. The Kier molecular flexibility index (Phi) is 10.8. The van der Waals surface area contributed by atoms with Crippen LogP contribution < -0.4 is 19.5 Å². The maximum Gasteiger partial charge on any atom is 0.303 e. The fourth-order valence-electron chi connectivity index (χ4n) is 9.43. The van der Waals surface area contributed by atoms with Gasteiger partial charge in [0.1, 0.15) is 12.4 Å². The van der Waals surface area contributed by atoms with Gasteiger partial charge in [0, 0.05) is 43.3 Å². The number of pyridine rings is 1. The highest BCUT2D eigenvalue weighted by Crippen LogP contribution is 2.55. The smallest absolute Gasteiger partial charge is 0.303 e. The number of nitrogens with one attached hydrogen (secondary N) is 1. The number of hydrogen-bond donors (Lipinski definition) is 2. The Morgan fingerprint density at radius 3 is 2.58 bits per heavy atom. The van der Waals surface area contributed by atoms with E-state index in [0.29, 0.717) is 49.5 Å². The van der Waals surface area contributed by atoms with Gasteiger partial charge in [-0.15, -0.1) is 0 Å². The third kappa shape index (κ3) is 8.24. The van der Waals surface area contributed by atoms with E-state index in [1.165, 1.54) is 24.8 Å². The van der Waals surface area contributed by atoms with Crippen LogP contribution in [0.2, 0.25) is 0 Å². The van der Waals surface area contributed by atoms with Gasteiger partial charge in [-0.2, -0.15) is 5.10 Å². The number of benzene rings is 2. The SMILES string of the molecule is COc1cc(C(CC(=O)O)Cc2cc(OCCc3ccc4c(n3)NCCC4)n(C)n2)cc(C2(C)CC3CC(C)CC(C3)C2)c1OCc1ccccc1. The van der Waals surface area contributed by atoms with Crippen LogP contribution in [0.1, 0.15) is 98.4 Å². The summed E-state index contributed by atoms with van der Waals surface area (Å²) in [6.45, 7) is 6.64. The second-order valence-electron chi connectivity index (χ2n) is 15.9. The van der Waals surface area contributed by atoms with Crippen LogP contribution in [-0.2, 0) is 43.1 Å². The molecule has 2 fully saturated rings. The molecule has 9 heteroatoms. The molecule has 52 heavy (non-hydrogen) atoms. The number of nitrogens with zero attached hydrogens (tertiary/aromatic N) is 3.